The van der Waals surface area contributed by atoms with Gasteiger partial charge in [0.2, 0.25) is 0 Å². The molecule has 1 unspecified atom stereocenters. The molecule has 0 aromatic carbocycles. The minimum absolute atomic E-state index is 0.207. The Kier molecular flexibility index (Phi) is 3.34. The summed E-state index contributed by atoms with van der Waals surface area (Å²) in [5.74, 6) is 0.207. The van der Waals surface area contributed by atoms with Crippen LogP contribution in [0.3, 0.4) is 0 Å². The van der Waals surface area contributed by atoms with E-state index in [9.17, 15) is 15.3 Å². The number of aliphatic hydroxyl groups excluding tert-OH is 3. The number of hydrogen-bond donors (Lipinski definition) is 4. The van der Waals surface area contributed by atoms with Gasteiger partial charge < -0.3 is 25.8 Å². The van der Waals surface area contributed by atoms with Gasteiger partial charge in [0.25, 0.3) is 0 Å². The van der Waals surface area contributed by atoms with Gasteiger partial charge in [-0.3, -0.25) is 4.57 Å². The summed E-state index contributed by atoms with van der Waals surface area (Å²) in [5.41, 5.74) is 6.43. The van der Waals surface area contributed by atoms with E-state index in [-0.39, 0.29) is 5.82 Å². The van der Waals surface area contributed by atoms with Crippen LogP contribution in [0.2, 0.25) is 0 Å². The van der Waals surface area contributed by atoms with Gasteiger partial charge in [0.05, 0.1) is 6.33 Å². The number of nitrogens with zero attached hydrogens (tertiary/aromatic N) is 4. The minimum Gasteiger partial charge on any atom is -0.387 e. The van der Waals surface area contributed by atoms with E-state index in [4.69, 9.17) is 10.5 Å². The third kappa shape index (κ3) is 1.96. The molecule has 1 aliphatic heterocycles. The number of aromatic nitrogens is 4. The Hall–Kier alpha value is -1.33. The van der Waals surface area contributed by atoms with Crippen molar-refractivity contribution in [1.29, 1.82) is 0 Å². The lowest BCUT2D eigenvalue weighted by Crippen LogP contribution is -2.36. The maximum Gasteiger partial charge on any atom is 0.167 e. The van der Waals surface area contributed by atoms with Gasteiger partial charge in [0, 0.05) is 0 Å². The second-order valence-electron chi connectivity index (χ2n) is 4.43. The van der Waals surface area contributed by atoms with E-state index < -0.39 is 29.6 Å². The SMILES string of the molecule is Nc1ncnc2c1ncn2[C@@H]1O[C@H](C(O)Br)[C@@H](O)[C@H]1O. The molecule has 1 fully saturated rings. The summed E-state index contributed by atoms with van der Waals surface area (Å²) < 4.78 is 6.91. The Bertz CT molecular complexity index is 635. The van der Waals surface area contributed by atoms with Gasteiger partial charge in [-0.2, -0.15) is 0 Å². The molecular formula is C10H12BrN5O4. The van der Waals surface area contributed by atoms with Crippen molar-refractivity contribution in [3.8, 4) is 0 Å². The standard InChI is InChI=1S/C10H12BrN5O4/c11-7(19)6-4(17)5(18)10(20-6)16-2-15-3-8(12)13-1-14-9(3)16/h1-2,4-7,10,17-19H,(H2,12,13,14)/t4-,5+,6-,7?,10+/m0/s1. The van der Waals surface area contributed by atoms with Crippen molar-refractivity contribution in [2.75, 3.05) is 5.73 Å². The van der Waals surface area contributed by atoms with E-state index in [1.165, 1.54) is 17.2 Å². The van der Waals surface area contributed by atoms with Crippen LogP contribution in [-0.2, 0) is 4.74 Å². The molecule has 3 rings (SSSR count). The summed E-state index contributed by atoms with van der Waals surface area (Å²) in [6.07, 6.45) is -1.72. The van der Waals surface area contributed by atoms with Crippen molar-refractivity contribution in [1.82, 2.24) is 19.5 Å². The molecule has 0 bridgehead atoms. The van der Waals surface area contributed by atoms with Crippen LogP contribution in [0.25, 0.3) is 11.2 Å². The highest BCUT2D eigenvalue weighted by Gasteiger charge is 2.46. The Balaban J connectivity index is 2.02. The summed E-state index contributed by atoms with van der Waals surface area (Å²) in [6, 6.07) is 0. The monoisotopic (exact) mass is 345 g/mol. The Labute approximate surface area is 121 Å². The number of alkyl halides is 1. The van der Waals surface area contributed by atoms with Gasteiger partial charge in [-0.1, -0.05) is 15.9 Å². The normalized spacial score (nSPS) is 31.8. The van der Waals surface area contributed by atoms with Crippen molar-refractivity contribution >= 4 is 32.9 Å². The third-order valence-corrected chi connectivity index (χ3v) is 3.73. The predicted octanol–water partition coefficient (Wildman–Crippen LogP) is -1.26. The Morgan fingerprint density at radius 2 is 2.05 bits per heavy atom. The van der Waals surface area contributed by atoms with Crippen LogP contribution in [0.1, 0.15) is 6.23 Å². The molecule has 0 radical (unpaired) electrons. The van der Waals surface area contributed by atoms with Crippen LogP contribution >= 0.6 is 15.9 Å². The molecule has 2 aromatic rings. The van der Waals surface area contributed by atoms with Crippen LogP contribution < -0.4 is 5.73 Å². The molecule has 2 aromatic heterocycles. The lowest BCUT2D eigenvalue weighted by atomic mass is 10.1. The summed E-state index contributed by atoms with van der Waals surface area (Å²) >= 11 is 2.91. The molecule has 1 saturated heterocycles. The highest BCUT2D eigenvalue weighted by molar-refractivity contribution is 9.09. The molecule has 108 valence electrons. The topological polar surface area (TPSA) is 140 Å². The van der Waals surface area contributed by atoms with Crippen molar-refractivity contribution < 1.29 is 20.1 Å². The van der Waals surface area contributed by atoms with Crippen LogP contribution in [0.15, 0.2) is 12.7 Å². The molecule has 5 N–H and O–H groups in total. The van der Waals surface area contributed by atoms with Gasteiger partial charge in [0.1, 0.15) is 35.2 Å². The quantitative estimate of drug-likeness (QED) is 0.494. The summed E-state index contributed by atoms with van der Waals surface area (Å²) in [4.78, 5) is 11.9. The highest BCUT2D eigenvalue weighted by atomic mass is 79.9. The first-order valence-corrected chi connectivity index (χ1v) is 6.69. The van der Waals surface area contributed by atoms with Gasteiger partial charge >= 0.3 is 0 Å². The Morgan fingerprint density at radius 3 is 2.70 bits per heavy atom. The average Bonchev–Trinajstić information content (AvgIpc) is 2.94. The Morgan fingerprint density at radius 1 is 1.30 bits per heavy atom. The highest BCUT2D eigenvalue weighted by Crippen LogP contribution is 2.34. The van der Waals surface area contributed by atoms with Crippen molar-refractivity contribution in [2.45, 2.75) is 29.6 Å². The number of aliphatic hydroxyl groups is 3. The zero-order valence-corrected chi connectivity index (χ0v) is 11.6. The number of halogens is 1. The first-order chi connectivity index (χ1) is 9.50. The lowest BCUT2D eigenvalue weighted by Gasteiger charge is -2.16. The van der Waals surface area contributed by atoms with E-state index in [0.717, 1.165) is 0 Å². The summed E-state index contributed by atoms with van der Waals surface area (Å²) in [5, 5.41) is 28.3. The van der Waals surface area contributed by atoms with Crippen LogP contribution in [0.4, 0.5) is 5.82 Å². The number of ether oxygens (including phenoxy) is 1. The van der Waals surface area contributed by atoms with Gasteiger partial charge in [-0.25, -0.2) is 15.0 Å². The number of nitrogen functional groups attached to an aromatic ring is 1. The fourth-order valence-electron chi connectivity index (χ4n) is 2.20. The first kappa shape index (κ1) is 13.6. The van der Waals surface area contributed by atoms with E-state index in [1.54, 1.807) is 0 Å². The van der Waals surface area contributed by atoms with Gasteiger partial charge in [0.15, 0.2) is 17.7 Å². The molecule has 1 aliphatic rings. The molecule has 0 amide bonds. The largest absolute Gasteiger partial charge is 0.387 e. The number of anilines is 1. The zero-order chi connectivity index (χ0) is 14.4. The molecule has 0 aliphatic carbocycles. The summed E-state index contributed by atoms with van der Waals surface area (Å²) in [7, 11) is 0. The lowest BCUT2D eigenvalue weighted by molar-refractivity contribution is -0.0578. The smallest absolute Gasteiger partial charge is 0.167 e. The fraction of sp³-hybridized carbons (Fsp3) is 0.500. The minimum atomic E-state index is -1.24. The van der Waals surface area contributed by atoms with Gasteiger partial charge in [-0.05, 0) is 0 Å². The third-order valence-electron chi connectivity index (χ3n) is 3.21. The number of rotatable bonds is 2. The zero-order valence-electron chi connectivity index (χ0n) is 10.0. The van der Waals surface area contributed by atoms with E-state index in [1.807, 2.05) is 0 Å². The molecule has 9 nitrogen and oxygen atoms in total. The molecule has 3 heterocycles. The number of imidazole rings is 1. The van der Waals surface area contributed by atoms with Crippen molar-refractivity contribution in [3.05, 3.63) is 12.7 Å². The predicted molar refractivity (Wildman–Crippen MR) is 70.6 cm³/mol. The molecule has 5 atom stereocenters. The van der Waals surface area contributed by atoms with Crippen molar-refractivity contribution in [2.24, 2.45) is 0 Å². The number of hydrogen-bond acceptors (Lipinski definition) is 8. The van der Waals surface area contributed by atoms with E-state index in [0.29, 0.717) is 11.2 Å². The maximum absolute atomic E-state index is 10.0. The fourth-order valence-corrected chi connectivity index (χ4v) is 2.64. The molecule has 0 saturated carbocycles. The number of fused-ring (bicyclic) bond motifs is 1. The molecule has 10 heteroatoms. The van der Waals surface area contributed by atoms with Crippen LogP contribution in [-0.4, -0.2) is 58.2 Å². The van der Waals surface area contributed by atoms with Crippen LogP contribution in [0.5, 0.6) is 0 Å². The van der Waals surface area contributed by atoms with Crippen molar-refractivity contribution in [3.63, 3.8) is 0 Å². The van der Waals surface area contributed by atoms with E-state index in [2.05, 4.69) is 30.9 Å². The molecule has 20 heavy (non-hydrogen) atoms. The number of nitrogens with two attached hydrogens (primary N) is 1. The first-order valence-electron chi connectivity index (χ1n) is 5.77. The molecule has 0 spiro atoms. The maximum atomic E-state index is 10.0. The second-order valence-corrected chi connectivity index (χ2v) is 5.37. The van der Waals surface area contributed by atoms with Gasteiger partial charge in [-0.15, -0.1) is 0 Å². The van der Waals surface area contributed by atoms with Crippen LogP contribution in [0, 0.1) is 0 Å². The second kappa shape index (κ2) is 4.90. The molecular weight excluding hydrogens is 334 g/mol. The van der Waals surface area contributed by atoms with E-state index >= 15 is 0 Å². The summed E-state index contributed by atoms with van der Waals surface area (Å²) in [6.45, 7) is 0. The average molecular weight is 346 g/mol.